The highest BCUT2D eigenvalue weighted by Gasteiger charge is 2.18. The molecule has 0 saturated carbocycles. The second-order valence-corrected chi connectivity index (χ2v) is 7.96. The van der Waals surface area contributed by atoms with E-state index in [0.717, 1.165) is 22.6 Å². The van der Waals surface area contributed by atoms with Gasteiger partial charge in [0, 0.05) is 4.90 Å². The molecule has 0 saturated heterocycles. The molecule has 10 heteroatoms. The molecular weight excluding hydrogens is 398 g/mol. The van der Waals surface area contributed by atoms with E-state index in [0.29, 0.717) is 21.5 Å². The molecule has 2 heterocycles. The van der Waals surface area contributed by atoms with Crippen molar-refractivity contribution in [2.45, 2.75) is 24.3 Å². The van der Waals surface area contributed by atoms with Crippen molar-refractivity contribution in [3.05, 3.63) is 36.0 Å². The number of aliphatic hydroxyl groups excluding tert-OH is 1. The maximum Gasteiger partial charge on any atom is 0.247 e. The topological polar surface area (TPSA) is 123 Å². The number of thiazole rings is 1. The van der Waals surface area contributed by atoms with Crippen LogP contribution in [0.4, 0.5) is 5.13 Å². The first-order valence-corrected chi connectivity index (χ1v) is 10.6. The zero-order valence-corrected chi connectivity index (χ0v) is 16.9. The van der Waals surface area contributed by atoms with Crippen LogP contribution in [-0.2, 0) is 4.79 Å². The molecule has 0 radical (unpaired) electrons. The maximum absolute atomic E-state index is 12.5. The normalized spacial score (nSPS) is 12.1. The van der Waals surface area contributed by atoms with Gasteiger partial charge in [-0.2, -0.15) is 9.97 Å². The van der Waals surface area contributed by atoms with Gasteiger partial charge in [0.25, 0.3) is 0 Å². The summed E-state index contributed by atoms with van der Waals surface area (Å²) in [5.74, 6) is 0.990. The van der Waals surface area contributed by atoms with Crippen molar-refractivity contribution in [3.8, 4) is 5.88 Å². The third-order valence-corrected chi connectivity index (χ3v) is 5.74. The molecule has 1 amide bonds. The fourth-order valence-corrected chi connectivity index (χ4v) is 3.87. The average Bonchev–Trinajstić information content (AvgIpc) is 3.11. The Morgan fingerprint density at radius 2 is 2.14 bits per heavy atom. The predicted molar refractivity (Wildman–Crippen MR) is 111 cm³/mol. The van der Waals surface area contributed by atoms with Gasteiger partial charge in [-0.25, -0.2) is 4.98 Å². The highest BCUT2D eigenvalue weighted by Crippen LogP contribution is 2.26. The number of hydrogen-bond donors (Lipinski definition) is 3. The van der Waals surface area contributed by atoms with Gasteiger partial charge in [0.15, 0.2) is 15.6 Å². The maximum atomic E-state index is 12.5. The first-order valence-electron chi connectivity index (χ1n) is 8.77. The Bertz CT molecular complexity index is 933. The van der Waals surface area contributed by atoms with E-state index in [-0.39, 0.29) is 19.1 Å². The lowest BCUT2D eigenvalue weighted by atomic mass is 10.1. The van der Waals surface area contributed by atoms with Crippen LogP contribution in [0.3, 0.4) is 0 Å². The summed E-state index contributed by atoms with van der Waals surface area (Å²) in [5, 5.41) is 11.9. The van der Waals surface area contributed by atoms with E-state index in [1.807, 2.05) is 24.3 Å². The number of carbonyl (C=O) groups excluding carboxylic acids is 1. The number of benzene rings is 1. The van der Waals surface area contributed by atoms with Gasteiger partial charge in [0.1, 0.15) is 12.6 Å². The molecule has 148 valence electrons. The Labute approximate surface area is 170 Å². The van der Waals surface area contributed by atoms with Crippen molar-refractivity contribution in [3.63, 3.8) is 0 Å². The minimum atomic E-state index is -0.804. The van der Waals surface area contributed by atoms with E-state index < -0.39 is 6.04 Å². The molecule has 0 fully saturated rings. The number of anilines is 1. The van der Waals surface area contributed by atoms with Crippen LogP contribution in [0.25, 0.3) is 10.5 Å². The summed E-state index contributed by atoms with van der Waals surface area (Å²) >= 11 is 2.95. The second-order valence-electron chi connectivity index (χ2n) is 5.81. The van der Waals surface area contributed by atoms with E-state index in [4.69, 9.17) is 15.6 Å². The van der Waals surface area contributed by atoms with Gasteiger partial charge < -0.3 is 20.9 Å². The molecule has 0 aliphatic heterocycles. The standard InChI is InChI=1S/C18H21N5O3S2/c1-2-9-27-12-5-3-11(4-6-12)14(19)16(25)23-18-22-15-17(28-18)21-13(10-20-15)26-8-7-24/h3-6,10,14,24H,2,7-9,19H2,1H3,(H,20,22,23,25). The molecule has 3 rings (SSSR count). The molecule has 0 aliphatic rings. The van der Waals surface area contributed by atoms with Crippen molar-refractivity contribution >= 4 is 44.6 Å². The van der Waals surface area contributed by atoms with E-state index in [1.165, 1.54) is 17.5 Å². The predicted octanol–water partition coefficient (Wildman–Crippen LogP) is 2.60. The SMILES string of the molecule is CCCSc1ccc(C(N)C(=O)Nc2nc3ncc(OCCO)nc3s2)cc1. The Balaban J connectivity index is 1.66. The summed E-state index contributed by atoms with van der Waals surface area (Å²) in [4.78, 5) is 26.8. The van der Waals surface area contributed by atoms with Crippen LogP contribution >= 0.6 is 23.1 Å². The van der Waals surface area contributed by atoms with Gasteiger partial charge in [-0.15, -0.1) is 11.8 Å². The molecule has 4 N–H and O–H groups in total. The zero-order valence-electron chi connectivity index (χ0n) is 15.3. The lowest BCUT2D eigenvalue weighted by Crippen LogP contribution is -2.27. The molecule has 0 bridgehead atoms. The number of ether oxygens (including phenoxy) is 1. The highest BCUT2D eigenvalue weighted by atomic mass is 32.2. The summed E-state index contributed by atoms with van der Waals surface area (Å²) in [6.45, 7) is 2.16. The summed E-state index contributed by atoms with van der Waals surface area (Å²) in [5.41, 5.74) is 7.23. The van der Waals surface area contributed by atoms with Crippen LogP contribution in [0, 0.1) is 0 Å². The van der Waals surface area contributed by atoms with E-state index >= 15 is 0 Å². The van der Waals surface area contributed by atoms with Crippen LogP contribution in [0.5, 0.6) is 5.88 Å². The number of hydrogen-bond acceptors (Lipinski definition) is 9. The van der Waals surface area contributed by atoms with E-state index in [1.54, 1.807) is 11.8 Å². The minimum absolute atomic E-state index is 0.111. The molecular formula is C18H21N5O3S2. The lowest BCUT2D eigenvalue weighted by molar-refractivity contribution is -0.117. The molecule has 28 heavy (non-hydrogen) atoms. The van der Waals surface area contributed by atoms with Crippen LogP contribution in [-0.4, -0.2) is 44.9 Å². The number of rotatable bonds is 9. The Morgan fingerprint density at radius 1 is 1.36 bits per heavy atom. The monoisotopic (exact) mass is 419 g/mol. The van der Waals surface area contributed by atoms with Crippen LogP contribution in [0.15, 0.2) is 35.4 Å². The number of aliphatic hydroxyl groups is 1. The molecule has 2 aromatic heterocycles. The van der Waals surface area contributed by atoms with Crippen molar-refractivity contribution in [1.82, 2.24) is 15.0 Å². The average molecular weight is 420 g/mol. The highest BCUT2D eigenvalue weighted by molar-refractivity contribution is 7.99. The Kier molecular flexibility index (Phi) is 7.15. The number of aromatic nitrogens is 3. The number of nitrogens with zero attached hydrogens (tertiary/aromatic N) is 3. The van der Waals surface area contributed by atoms with Crippen LogP contribution in [0.2, 0.25) is 0 Å². The Morgan fingerprint density at radius 3 is 2.86 bits per heavy atom. The van der Waals surface area contributed by atoms with E-state index in [2.05, 4.69) is 27.2 Å². The largest absolute Gasteiger partial charge is 0.474 e. The third kappa shape index (κ3) is 5.16. The third-order valence-electron chi connectivity index (χ3n) is 3.67. The quantitative estimate of drug-likeness (QED) is 0.452. The first kappa shape index (κ1) is 20.5. The number of nitrogens with two attached hydrogens (primary N) is 1. The van der Waals surface area contributed by atoms with Crippen LogP contribution in [0.1, 0.15) is 24.9 Å². The van der Waals surface area contributed by atoms with Crippen molar-refractivity contribution in [1.29, 1.82) is 0 Å². The first-order chi connectivity index (χ1) is 13.6. The van der Waals surface area contributed by atoms with Gasteiger partial charge in [0.2, 0.25) is 11.8 Å². The summed E-state index contributed by atoms with van der Waals surface area (Å²) in [6.07, 6.45) is 2.53. The summed E-state index contributed by atoms with van der Waals surface area (Å²) in [7, 11) is 0. The molecule has 0 aliphatic carbocycles. The van der Waals surface area contributed by atoms with Crippen molar-refractivity contribution in [2.24, 2.45) is 5.73 Å². The summed E-state index contributed by atoms with van der Waals surface area (Å²) < 4.78 is 5.23. The Hall–Kier alpha value is -2.27. The van der Waals surface area contributed by atoms with Gasteiger partial charge >= 0.3 is 0 Å². The smallest absolute Gasteiger partial charge is 0.247 e. The van der Waals surface area contributed by atoms with Gasteiger partial charge in [-0.05, 0) is 29.9 Å². The van der Waals surface area contributed by atoms with Crippen LogP contribution < -0.4 is 15.8 Å². The molecule has 1 aromatic carbocycles. The minimum Gasteiger partial charge on any atom is -0.474 e. The van der Waals surface area contributed by atoms with Crippen molar-refractivity contribution in [2.75, 3.05) is 24.3 Å². The number of carbonyl (C=O) groups is 1. The molecule has 0 spiro atoms. The molecule has 3 aromatic rings. The lowest BCUT2D eigenvalue weighted by Gasteiger charge is -2.11. The van der Waals surface area contributed by atoms with Gasteiger partial charge in [0.05, 0.1) is 12.8 Å². The van der Waals surface area contributed by atoms with Gasteiger partial charge in [-0.1, -0.05) is 30.4 Å². The summed E-state index contributed by atoms with van der Waals surface area (Å²) in [6, 6.07) is 6.88. The van der Waals surface area contributed by atoms with E-state index in [9.17, 15) is 4.79 Å². The fourth-order valence-electron chi connectivity index (χ4n) is 2.31. The molecule has 1 unspecified atom stereocenters. The van der Waals surface area contributed by atoms with Gasteiger partial charge in [-0.3, -0.25) is 4.79 Å². The fraction of sp³-hybridized carbons (Fsp3) is 0.333. The second kappa shape index (κ2) is 9.78. The number of fused-ring (bicyclic) bond motifs is 1. The number of amides is 1. The van der Waals surface area contributed by atoms with Crippen molar-refractivity contribution < 1.29 is 14.6 Å². The zero-order chi connectivity index (χ0) is 19.9. The molecule has 1 atom stereocenters. The number of nitrogens with one attached hydrogen (secondary N) is 1. The number of thioether (sulfide) groups is 1. The molecule has 8 nitrogen and oxygen atoms in total.